The van der Waals surface area contributed by atoms with Gasteiger partial charge < -0.3 is 0 Å². The van der Waals surface area contributed by atoms with Gasteiger partial charge in [0.05, 0.1) is 27.8 Å². The maximum Gasteiger partial charge on any atom is 0.138 e. The minimum Gasteiger partial charge on any atom is -0.294 e. The lowest BCUT2D eigenvalue weighted by atomic mass is 9.91. The van der Waals surface area contributed by atoms with Crippen molar-refractivity contribution >= 4 is 75.1 Å². The van der Waals surface area contributed by atoms with E-state index in [0.29, 0.717) is 0 Å². The summed E-state index contributed by atoms with van der Waals surface area (Å²) in [6.45, 7) is 0. The van der Waals surface area contributed by atoms with Gasteiger partial charge in [-0.2, -0.15) is 0 Å². The van der Waals surface area contributed by atoms with Crippen molar-refractivity contribution in [2.45, 2.75) is 0 Å². The number of hydrogen-bond donors (Lipinski definition) is 0. The molecule has 1 aliphatic rings. The number of nitrogens with zero attached hydrogens (tertiary/aromatic N) is 3. The lowest BCUT2D eigenvalue weighted by molar-refractivity contribution is 1.10. The Morgan fingerprint density at radius 3 is 2.20 bits per heavy atom. The van der Waals surface area contributed by atoms with E-state index in [0.717, 1.165) is 28.1 Å². The lowest BCUT2D eigenvalue weighted by Crippen LogP contribution is -1.99. The minimum absolute atomic E-state index is 0.884. The summed E-state index contributed by atoms with van der Waals surface area (Å²) in [5, 5.41) is 7.82. The van der Waals surface area contributed by atoms with Crippen molar-refractivity contribution < 1.29 is 0 Å². The fourth-order valence-electron chi connectivity index (χ4n) is 7.81. The first-order chi connectivity index (χ1) is 22.8. The molecule has 4 heterocycles. The predicted molar refractivity (Wildman–Crippen MR) is 194 cm³/mol. The van der Waals surface area contributed by atoms with Crippen LogP contribution in [0.2, 0.25) is 0 Å². The molecular weight excluding hydrogens is 579 g/mol. The van der Waals surface area contributed by atoms with Crippen LogP contribution in [0.1, 0.15) is 0 Å². The van der Waals surface area contributed by atoms with Gasteiger partial charge >= 0.3 is 0 Å². The molecule has 0 fully saturated rings. The highest BCUT2D eigenvalue weighted by Crippen LogP contribution is 2.54. The second kappa shape index (κ2) is 8.87. The van der Waals surface area contributed by atoms with E-state index in [-0.39, 0.29) is 0 Å². The van der Waals surface area contributed by atoms with Gasteiger partial charge in [-0.05, 0) is 69.9 Å². The molecule has 0 saturated heterocycles. The Balaban J connectivity index is 1.31. The van der Waals surface area contributed by atoms with E-state index < -0.39 is 0 Å². The van der Waals surface area contributed by atoms with Crippen LogP contribution < -0.4 is 0 Å². The maximum absolute atomic E-state index is 5.27. The van der Waals surface area contributed by atoms with Gasteiger partial charge in [-0.15, -0.1) is 11.3 Å². The van der Waals surface area contributed by atoms with E-state index in [9.17, 15) is 0 Å². The quantitative estimate of drug-likeness (QED) is 0.197. The van der Waals surface area contributed by atoms with Crippen molar-refractivity contribution in [3.05, 3.63) is 140 Å². The van der Waals surface area contributed by atoms with Crippen molar-refractivity contribution in [3.63, 3.8) is 0 Å². The largest absolute Gasteiger partial charge is 0.294 e. The monoisotopic (exact) mass is 601 g/mol. The Labute approximate surface area is 267 Å². The Hall–Kier alpha value is -5.84. The van der Waals surface area contributed by atoms with E-state index in [2.05, 4.69) is 138 Å². The van der Waals surface area contributed by atoms with Gasteiger partial charge in [0, 0.05) is 42.1 Å². The number of pyridine rings is 2. The van der Waals surface area contributed by atoms with Crippen LogP contribution >= 0.6 is 11.3 Å². The first-order valence-electron chi connectivity index (χ1n) is 15.6. The van der Waals surface area contributed by atoms with Crippen molar-refractivity contribution in [1.82, 2.24) is 14.5 Å². The maximum atomic E-state index is 5.27. The summed E-state index contributed by atoms with van der Waals surface area (Å²) in [5.74, 6) is 0.902. The topological polar surface area (TPSA) is 30.7 Å². The molecule has 4 heteroatoms. The summed E-state index contributed by atoms with van der Waals surface area (Å²) < 4.78 is 4.98. The Morgan fingerprint density at radius 1 is 0.478 bits per heavy atom. The van der Waals surface area contributed by atoms with Crippen molar-refractivity contribution in [1.29, 1.82) is 0 Å². The number of thiophene rings is 1. The number of rotatable bonds is 2. The number of fused-ring (bicyclic) bond motifs is 8. The molecule has 0 aliphatic heterocycles. The average Bonchev–Trinajstić information content (AvgIpc) is 3.61. The number of hydrogen-bond acceptors (Lipinski definition) is 3. The molecule has 0 spiro atoms. The third-order valence-electron chi connectivity index (χ3n) is 9.71. The Bertz CT molecular complexity index is 2910. The molecule has 0 amide bonds. The second-order valence-corrected chi connectivity index (χ2v) is 13.2. The van der Waals surface area contributed by atoms with Crippen LogP contribution in [0.25, 0.3) is 103 Å². The van der Waals surface area contributed by atoms with Crippen LogP contribution in [0.5, 0.6) is 0 Å². The molecule has 11 rings (SSSR count). The molecule has 1 aliphatic carbocycles. The predicted octanol–water partition coefficient (Wildman–Crippen LogP) is 11.6. The summed E-state index contributed by atoms with van der Waals surface area (Å²) in [5.41, 5.74) is 11.4. The zero-order valence-electron chi connectivity index (χ0n) is 24.5. The van der Waals surface area contributed by atoms with E-state index in [4.69, 9.17) is 9.97 Å². The molecule has 0 saturated carbocycles. The zero-order chi connectivity index (χ0) is 29.9. The van der Waals surface area contributed by atoms with Crippen LogP contribution in [0.3, 0.4) is 0 Å². The van der Waals surface area contributed by atoms with Gasteiger partial charge in [-0.25, -0.2) is 9.97 Å². The zero-order valence-corrected chi connectivity index (χ0v) is 25.3. The summed E-state index contributed by atoms with van der Waals surface area (Å²) in [7, 11) is 0. The number of benzene rings is 6. The molecule has 0 atom stereocenters. The highest BCUT2D eigenvalue weighted by molar-refractivity contribution is 7.26. The molecule has 0 bridgehead atoms. The standard InChI is InChI=1S/C42H23N3S/c1-2-9-24(10-3-1)30-18-19-32-31(43-30)20-22-37(44-32)45-33-21-17-25-11-8-15-27-26-12-4-5-13-28(26)40-39-29-14-6-7-16-35(29)46-36(39)23-34(45)42(40)41(33)38(25)27/h1-23H. The molecule has 3 nitrogen and oxygen atoms in total. The minimum atomic E-state index is 0.884. The molecule has 212 valence electrons. The molecular formula is C42H23N3S. The fourth-order valence-corrected chi connectivity index (χ4v) is 8.96. The second-order valence-electron chi connectivity index (χ2n) is 12.1. The normalized spacial score (nSPS) is 12.3. The van der Waals surface area contributed by atoms with Gasteiger partial charge in [0.2, 0.25) is 0 Å². The summed E-state index contributed by atoms with van der Waals surface area (Å²) in [6, 6.07) is 50.3. The summed E-state index contributed by atoms with van der Waals surface area (Å²) in [6.07, 6.45) is 0. The van der Waals surface area contributed by atoms with Crippen LogP contribution in [0.4, 0.5) is 0 Å². The van der Waals surface area contributed by atoms with E-state index >= 15 is 0 Å². The molecule has 6 aromatic carbocycles. The van der Waals surface area contributed by atoms with E-state index in [1.54, 1.807) is 0 Å². The van der Waals surface area contributed by atoms with Crippen molar-refractivity contribution in [2.24, 2.45) is 0 Å². The summed E-state index contributed by atoms with van der Waals surface area (Å²) >= 11 is 1.88. The Morgan fingerprint density at radius 2 is 1.26 bits per heavy atom. The smallest absolute Gasteiger partial charge is 0.138 e. The van der Waals surface area contributed by atoms with Gasteiger partial charge in [-0.3, -0.25) is 4.57 Å². The first kappa shape index (κ1) is 24.5. The van der Waals surface area contributed by atoms with E-state index in [1.807, 2.05) is 17.4 Å². The SMILES string of the molecule is c1ccc(-c2ccc3nc(-n4c5cc6sc7ccccc7c6c6c5c5c7c(cccc7ccc54)-c4ccccc4-6)ccc3n2)cc1. The molecule has 0 radical (unpaired) electrons. The van der Waals surface area contributed by atoms with Crippen LogP contribution in [-0.4, -0.2) is 14.5 Å². The highest BCUT2D eigenvalue weighted by atomic mass is 32.1. The van der Waals surface area contributed by atoms with Crippen LogP contribution in [0, 0.1) is 0 Å². The van der Waals surface area contributed by atoms with Crippen molar-refractivity contribution in [3.8, 4) is 39.3 Å². The molecule has 0 unspecified atom stereocenters. The molecule has 10 aromatic rings. The first-order valence-corrected chi connectivity index (χ1v) is 16.4. The molecule has 4 aromatic heterocycles. The van der Waals surface area contributed by atoms with Gasteiger partial charge in [0.15, 0.2) is 0 Å². The molecule has 0 N–H and O–H groups in total. The van der Waals surface area contributed by atoms with E-state index in [1.165, 1.54) is 75.0 Å². The number of aromatic nitrogens is 3. The van der Waals surface area contributed by atoms with Crippen molar-refractivity contribution in [2.75, 3.05) is 0 Å². The summed E-state index contributed by atoms with van der Waals surface area (Å²) in [4.78, 5) is 10.3. The lowest BCUT2D eigenvalue weighted by Gasteiger charge is -2.14. The third-order valence-corrected chi connectivity index (χ3v) is 10.8. The van der Waals surface area contributed by atoms with Gasteiger partial charge in [-0.1, -0.05) is 97.1 Å². The Kier molecular flexibility index (Phi) is 4.72. The fraction of sp³-hybridized carbons (Fsp3) is 0. The third kappa shape index (κ3) is 3.16. The highest BCUT2D eigenvalue weighted by Gasteiger charge is 2.28. The average molecular weight is 602 g/mol. The van der Waals surface area contributed by atoms with Gasteiger partial charge in [0.1, 0.15) is 5.82 Å². The van der Waals surface area contributed by atoms with Crippen LogP contribution in [0.15, 0.2) is 140 Å². The molecule has 46 heavy (non-hydrogen) atoms. The van der Waals surface area contributed by atoms with Crippen LogP contribution in [-0.2, 0) is 0 Å². The van der Waals surface area contributed by atoms with Gasteiger partial charge in [0.25, 0.3) is 0 Å².